The van der Waals surface area contributed by atoms with E-state index >= 15 is 0 Å². The molecule has 1 saturated heterocycles. The molecule has 0 saturated carbocycles. The van der Waals surface area contributed by atoms with Gasteiger partial charge in [0.05, 0.1) is 19.1 Å². The van der Waals surface area contributed by atoms with Gasteiger partial charge in [0, 0.05) is 30.5 Å². The molecule has 1 fully saturated rings. The van der Waals surface area contributed by atoms with E-state index in [2.05, 4.69) is 10.6 Å². The Morgan fingerprint density at radius 2 is 2.21 bits per heavy atom. The van der Waals surface area contributed by atoms with Crippen LogP contribution < -0.4 is 10.6 Å². The Hall–Kier alpha value is -1.53. The molecule has 2 rings (SSSR count). The summed E-state index contributed by atoms with van der Waals surface area (Å²) < 4.78 is 5.06. The monoisotopic (exact) mass is 350 g/mol. The van der Waals surface area contributed by atoms with Gasteiger partial charge in [-0.15, -0.1) is 0 Å². The highest BCUT2D eigenvalue weighted by Gasteiger charge is 2.23. The Morgan fingerprint density at radius 1 is 1.42 bits per heavy atom. The molecule has 2 atom stereocenters. The van der Waals surface area contributed by atoms with Crippen molar-refractivity contribution in [3.05, 3.63) is 35.4 Å². The summed E-state index contributed by atoms with van der Waals surface area (Å²) in [7, 11) is 0. The zero-order chi connectivity index (χ0) is 17.4. The molecule has 24 heavy (non-hydrogen) atoms. The fourth-order valence-electron chi connectivity index (χ4n) is 2.83. The second-order valence-corrected chi connectivity index (χ2v) is 7.07. The van der Waals surface area contributed by atoms with Crippen LogP contribution in [-0.4, -0.2) is 42.6 Å². The van der Waals surface area contributed by atoms with Crippen molar-refractivity contribution in [3.8, 4) is 0 Å². The number of amides is 1. The van der Waals surface area contributed by atoms with E-state index in [9.17, 15) is 9.59 Å². The lowest BCUT2D eigenvalue weighted by atomic mass is 9.98. The summed E-state index contributed by atoms with van der Waals surface area (Å²) in [6, 6.07) is 7.66. The van der Waals surface area contributed by atoms with Gasteiger partial charge in [-0.05, 0) is 25.0 Å². The zero-order valence-electron chi connectivity index (χ0n) is 14.3. The largest absolute Gasteiger partial charge is 0.466 e. The highest BCUT2D eigenvalue weighted by Crippen LogP contribution is 2.22. The molecular formula is C18H26N2O3S. The van der Waals surface area contributed by atoms with E-state index in [-0.39, 0.29) is 30.4 Å². The standard InChI is InChI=1S/C18H26N2O3S/c1-3-23-18(22)11-16(15-7-5-4-6-13(15)2)20-17(21)10-14-12-24-9-8-19-14/h4-7,14,16,19H,3,8-12H2,1-2H3,(H,20,21). The Kier molecular flexibility index (Phi) is 7.59. The molecule has 0 radical (unpaired) electrons. The van der Waals surface area contributed by atoms with Gasteiger partial charge in [-0.2, -0.15) is 11.8 Å². The summed E-state index contributed by atoms with van der Waals surface area (Å²) in [5.74, 6) is 1.71. The van der Waals surface area contributed by atoms with Crippen molar-refractivity contribution < 1.29 is 14.3 Å². The minimum Gasteiger partial charge on any atom is -0.466 e. The van der Waals surface area contributed by atoms with Crippen molar-refractivity contribution in [3.63, 3.8) is 0 Å². The van der Waals surface area contributed by atoms with Gasteiger partial charge in [-0.25, -0.2) is 0 Å². The van der Waals surface area contributed by atoms with Crippen LogP contribution in [0.15, 0.2) is 24.3 Å². The maximum absolute atomic E-state index is 12.4. The van der Waals surface area contributed by atoms with Crippen molar-refractivity contribution in [2.24, 2.45) is 0 Å². The average molecular weight is 350 g/mol. The summed E-state index contributed by atoms with van der Waals surface area (Å²) in [5, 5.41) is 6.38. The van der Waals surface area contributed by atoms with Crippen LogP contribution in [0.5, 0.6) is 0 Å². The first-order valence-corrected chi connectivity index (χ1v) is 9.57. The van der Waals surface area contributed by atoms with Crippen LogP contribution in [0.1, 0.15) is 36.9 Å². The number of carbonyl (C=O) groups excluding carboxylic acids is 2. The predicted octanol–water partition coefficient (Wildman–Crippen LogP) is 2.20. The highest BCUT2D eigenvalue weighted by molar-refractivity contribution is 7.99. The fraction of sp³-hybridized carbons (Fsp3) is 0.556. The lowest BCUT2D eigenvalue weighted by molar-refractivity contribution is -0.143. The SMILES string of the molecule is CCOC(=O)CC(NC(=O)CC1CSCCN1)c1ccccc1C. The summed E-state index contributed by atoms with van der Waals surface area (Å²) >= 11 is 1.86. The number of carbonyl (C=O) groups is 2. The van der Waals surface area contributed by atoms with Crippen molar-refractivity contribution >= 4 is 23.6 Å². The van der Waals surface area contributed by atoms with E-state index in [0.717, 1.165) is 29.2 Å². The van der Waals surface area contributed by atoms with Gasteiger partial charge in [-0.3, -0.25) is 9.59 Å². The number of nitrogens with one attached hydrogen (secondary N) is 2. The third-order valence-electron chi connectivity index (χ3n) is 4.01. The number of thioether (sulfide) groups is 1. The number of esters is 1. The number of hydrogen-bond donors (Lipinski definition) is 2. The smallest absolute Gasteiger partial charge is 0.308 e. The number of hydrogen-bond acceptors (Lipinski definition) is 5. The number of ether oxygens (including phenoxy) is 1. The second-order valence-electron chi connectivity index (χ2n) is 5.92. The Labute approximate surface area is 147 Å². The quantitative estimate of drug-likeness (QED) is 0.738. The van der Waals surface area contributed by atoms with Crippen molar-refractivity contribution in [2.45, 2.75) is 38.8 Å². The fourth-order valence-corrected chi connectivity index (χ4v) is 3.78. The third kappa shape index (κ3) is 5.83. The number of aryl methyl sites for hydroxylation is 1. The maximum Gasteiger partial charge on any atom is 0.308 e. The molecule has 1 aromatic rings. The first kappa shape index (κ1) is 18.8. The topological polar surface area (TPSA) is 67.4 Å². The van der Waals surface area contributed by atoms with Crippen LogP contribution >= 0.6 is 11.8 Å². The predicted molar refractivity (Wildman–Crippen MR) is 97.0 cm³/mol. The van der Waals surface area contributed by atoms with Crippen molar-refractivity contribution in [1.29, 1.82) is 0 Å². The van der Waals surface area contributed by atoms with Gasteiger partial charge in [0.1, 0.15) is 0 Å². The number of benzene rings is 1. The van der Waals surface area contributed by atoms with Crippen LogP contribution in [0.3, 0.4) is 0 Å². The van der Waals surface area contributed by atoms with Crippen LogP contribution in [0, 0.1) is 6.92 Å². The average Bonchev–Trinajstić information content (AvgIpc) is 2.56. The molecule has 1 aliphatic rings. The summed E-state index contributed by atoms with van der Waals surface area (Å²) in [5.41, 5.74) is 2.02. The lowest BCUT2D eigenvalue weighted by Gasteiger charge is -2.25. The molecule has 0 aliphatic carbocycles. The van der Waals surface area contributed by atoms with Gasteiger partial charge >= 0.3 is 5.97 Å². The molecule has 132 valence electrons. The molecule has 5 nitrogen and oxygen atoms in total. The molecule has 0 aromatic heterocycles. The molecular weight excluding hydrogens is 324 g/mol. The van der Waals surface area contributed by atoms with Crippen LogP contribution in [-0.2, 0) is 14.3 Å². The minimum atomic E-state index is -0.353. The molecule has 1 amide bonds. The Bertz CT molecular complexity index is 559. The normalized spacial score (nSPS) is 18.7. The first-order chi connectivity index (χ1) is 11.6. The van der Waals surface area contributed by atoms with Gasteiger partial charge in [0.15, 0.2) is 0 Å². The molecule has 2 unspecified atom stereocenters. The van der Waals surface area contributed by atoms with Crippen LogP contribution in [0.4, 0.5) is 0 Å². The van der Waals surface area contributed by atoms with E-state index in [0.29, 0.717) is 13.0 Å². The van der Waals surface area contributed by atoms with E-state index in [4.69, 9.17) is 4.74 Å². The summed E-state index contributed by atoms with van der Waals surface area (Å²) in [6.07, 6.45) is 0.579. The molecule has 1 heterocycles. The lowest BCUT2D eigenvalue weighted by Crippen LogP contribution is -2.42. The van der Waals surface area contributed by atoms with Crippen LogP contribution in [0.2, 0.25) is 0 Å². The van der Waals surface area contributed by atoms with Crippen molar-refractivity contribution in [1.82, 2.24) is 10.6 Å². The van der Waals surface area contributed by atoms with E-state index in [1.807, 2.05) is 43.0 Å². The molecule has 2 N–H and O–H groups in total. The third-order valence-corrected chi connectivity index (χ3v) is 5.14. The molecule has 1 aliphatic heterocycles. The molecule has 0 bridgehead atoms. The number of rotatable bonds is 7. The first-order valence-electron chi connectivity index (χ1n) is 8.41. The molecule has 6 heteroatoms. The molecule has 0 spiro atoms. The zero-order valence-corrected chi connectivity index (χ0v) is 15.2. The Balaban J connectivity index is 2.03. The van der Waals surface area contributed by atoms with Gasteiger partial charge in [-0.1, -0.05) is 24.3 Å². The second kappa shape index (κ2) is 9.69. The highest BCUT2D eigenvalue weighted by atomic mass is 32.2. The molecule has 1 aromatic carbocycles. The maximum atomic E-state index is 12.4. The van der Waals surface area contributed by atoms with Gasteiger partial charge < -0.3 is 15.4 Å². The van der Waals surface area contributed by atoms with Crippen molar-refractivity contribution in [2.75, 3.05) is 24.7 Å². The Morgan fingerprint density at radius 3 is 2.88 bits per heavy atom. The summed E-state index contributed by atoms with van der Waals surface area (Å²) in [6.45, 7) is 5.05. The van der Waals surface area contributed by atoms with E-state index in [1.54, 1.807) is 6.92 Å². The van der Waals surface area contributed by atoms with E-state index in [1.165, 1.54) is 0 Å². The minimum absolute atomic E-state index is 0.0347. The van der Waals surface area contributed by atoms with Gasteiger partial charge in [0.25, 0.3) is 0 Å². The summed E-state index contributed by atoms with van der Waals surface area (Å²) in [4.78, 5) is 24.4. The van der Waals surface area contributed by atoms with Crippen LogP contribution in [0.25, 0.3) is 0 Å². The van der Waals surface area contributed by atoms with E-state index < -0.39 is 0 Å². The van der Waals surface area contributed by atoms with Gasteiger partial charge in [0.2, 0.25) is 5.91 Å².